The molecule has 0 bridgehead atoms. The highest BCUT2D eigenvalue weighted by Crippen LogP contribution is 2.15. The SMILES string of the molecule is CC(C)CC(=O)NC1CC(=O)N(C)C1=O.CC1CC(=O)N(C)C1=O. The number of nitrogens with one attached hydrogen (secondary N) is 1. The van der Waals surface area contributed by atoms with E-state index in [1.165, 1.54) is 19.0 Å². The molecule has 0 aromatic rings. The first-order valence-corrected chi connectivity index (χ1v) is 7.94. The van der Waals surface area contributed by atoms with Crippen molar-refractivity contribution in [3.8, 4) is 0 Å². The number of carbonyl (C=O) groups excluding carboxylic acids is 5. The van der Waals surface area contributed by atoms with Crippen LogP contribution in [0.15, 0.2) is 0 Å². The Morgan fingerprint density at radius 2 is 1.54 bits per heavy atom. The van der Waals surface area contributed by atoms with Gasteiger partial charge in [0.2, 0.25) is 23.6 Å². The van der Waals surface area contributed by atoms with Gasteiger partial charge in [-0.15, -0.1) is 0 Å². The minimum atomic E-state index is -0.659. The highest BCUT2D eigenvalue weighted by atomic mass is 16.2. The zero-order valence-corrected chi connectivity index (χ0v) is 14.8. The van der Waals surface area contributed by atoms with Gasteiger partial charge in [-0.1, -0.05) is 20.8 Å². The van der Waals surface area contributed by atoms with Gasteiger partial charge in [-0.25, -0.2) is 0 Å². The molecule has 2 aliphatic rings. The van der Waals surface area contributed by atoms with Crippen LogP contribution in [0.1, 0.15) is 40.0 Å². The Labute approximate surface area is 141 Å². The Bertz CT molecular complexity index is 558. The van der Waals surface area contributed by atoms with Crippen LogP contribution in [-0.4, -0.2) is 59.5 Å². The summed E-state index contributed by atoms with van der Waals surface area (Å²) in [5.41, 5.74) is 0. The zero-order chi connectivity index (χ0) is 18.6. The molecule has 2 heterocycles. The summed E-state index contributed by atoms with van der Waals surface area (Å²) in [6.07, 6.45) is 0.843. The molecule has 0 saturated carbocycles. The fourth-order valence-corrected chi connectivity index (χ4v) is 2.43. The van der Waals surface area contributed by atoms with Crippen molar-refractivity contribution in [2.75, 3.05) is 14.1 Å². The summed E-state index contributed by atoms with van der Waals surface area (Å²) in [5.74, 6) is -0.705. The fourth-order valence-electron chi connectivity index (χ4n) is 2.43. The highest BCUT2D eigenvalue weighted by Gasteiger charge is 2.36. The maximum absolute atomic E-state index is 11.4. The molecule has 2 fully saturated rings. The standard InChI is InChI=1S/C10H16N2O3.C6H9NO2/c1-6(2)4-8(13)11-7-5-9(14)12(3)10(7)15;1-4-3-5(8)7(2)6(4)9/h6-7H,4-5H2,1-3H3,(H,11,13);4H,3H2,1-2H3. The van der Waals surface area contributed by atoms with E-state index in [0.717, 1.165) is 4.90 Å². The zero-order valence-electron chi connectivity index (χ0n) is 14.8. The van der Waals surface area contributed by atoms with Gasteiger partial charge in [0, 0.05) is 32.9 Å². The Morgan fingerprint density at radius 3 is 1.83 bits per heavy atom. The molecular weight excluding hydrogens is 314 g/mol. The number of carbonyl (C=O) groups is 5. The summed E-state index contributed by atoms with van der Waals surface area (Å²) in [7, 11) is 2.95. The number of hydrogen-bond donors (Lipinski definition) is 1. The summed E-state index contributed by atoms with van der Waals surface area (Å²) < 4.78 is 0. The lowest BCUT2D eigenvalue weighted by molar-refractivity contribution is -0.139. The predicted octanol–water partition coefficient (Wildman–Crippen LogP) is -0.0828. The van der Waals surface area contributed by atoms with E-state index in [0.29, 0.717) is 12.8 Å². The largest absolute Gasteiger partial charge is 0.344 e. The van der Waals surface area contributed by atoms with Gasteiger partial charge in [0.05, 0.1) is 6.42 Å². The summed E-state index contributed by atoms with van der Waals surface area (Å²) in [6.45, 7) is 5.62. The van der Waals surface area contributed by atoms with Crippen LogP contribution in [0.4, 0.5) is 0 Å². The van der Waals surface area contributed by atoms with Gasteiger partial charge in [-0.3, -0.25) is 33.8 Å². The topological polar surface area (TPSA) is 104 Å². The summed E-state index contributed by atoms with van der Waals surface area (Å²) in [4.78, 5) is 57.7. The van der Waals surface area contributed by atoms with E-state index in [-0.39, 0.29) is 47.8 Å². The van der Waals surface area contributed by atoms with E-state index in [1.807, 2.05) is 13.8 Å². The van der Waals surface area contributed by atoms with Crippen LogP contribution in [0.3, 0.4) is 0 Å². The van der Waals surface area contributed by atoms with Crippen LogP contribution < -0.4 is 5.32 Å². The highest BCUT2D eigenvalue weighted by molar-refractivity contribution is 6.06. The number of nitrogens with zero attached hydrogens (tertiary/aromatic N) is 2. The Balaban J connectivity index is 0.000000272. The van der Waals surface area contributed by atoms with Crippen LogP contribution in [-0.2, 0) is 24.0 Å². The Hall–Kier alpha value is -2.25. The molecular formula is C16H25N3O5. The maximum atomic E-state index is 11.4. The predicted molar refractivity (Wildman–Crippen MR) is 85.3 cm³/mol. The Kier molecular flexibility index (Phi) is 6.62. The number of rotatable bonds is 3. The van der Waals surface area contributed by atoms with E-state index in [1.54, 1.807) is 6.92 Å². The number of likely N-dealkylation sites (tertiary alicyclic amines) is 2. The minimum absolute atomic E-state index is 0.0556. The van der Waals surface area contributed by atoms with Crippen LogP contribution in [0.5, 0.6) is 0 Å². The number of imide groups is 2. The van der Waals surface area contributed by atoms with E-state index < -0.39 is 6.04 Å². The van der Waals surface area contributed by atoms with Crippen LogP contribution in [0.25, 0.3) is 0 Å². The Morgan fingerprint density at radius 1 is 1.04 bits per heavy atom. The molecule has 24 heavy (non-hydrogen) atoms. The quantitative estimate of drug-likeness (QED) is 0.724. The molecule has 2 rings (SSSR count). The van der Waals surface area contributed by atoms with Crippen molar-refractivity contribution < 1.29 is 24.0 Å². The molecule has 2 aliphatic heterocycles. The van der Waals surface area contributed by atoms with Crippen molar-refractivity contribution in [2.45, 2.75) is 46.1 Å². The normalized spacial score (nSPS) is 23.8. The van der Waals surface area contributed by atoms with Gasteiger partial charge in [-0.05, 0) is 5.92 Å². The lowest BCUT2D eigenvalue weighted by atomic mass is 10.1. The molecule has 8 nitrogen and oxygen atoms in total. The van der Waals surface area contributed by atoms with Crippen molar-refractivity contribution in [1.29, 1.82) is 0 Å². The van der Waals surface area contributed by atoms with E-state index in [9.17, 15) is 24.0 Å². The van der Waals surface area contributed by atoms with Crippen LogP contribution in [0.2, 0.25) is 0 Å². The van der Waals surface area contributed by atoms with E-state index in [4.69, 9.17) is 0 Å². The molecule has 0 aromatic carbocycles. The van der Waals surface area contributed by atoms with E-state index in [2.05, 4.69) is 5.32 Å². The minimum Gasteiger partial charge on any atom is -0.344 e. The number of amides is 5. The second-order valence-electron chi connectivity index (χ2n) is 6.61. The lowest BCUT2D eigenvalue weighted by Gasteiger charge is -2.11. The fraction of sp³-hybridized carbons (Fsp3) is 0.688. The monoisotopic (exact) mass is 339 g/mol. The third kappa shape index (κ3) is 4.87. The van der Waals surface area contributed by atoms with Crippen LogP contribution in [0, 0.1) is 11.8 Å². The molecule has 5 amide bonds. The van der Waals surface area contributed by atoms with E-state index >= 15 is 0 Å². The molecule has 8 heteroatoms. The van der Waals surface area contributed by atoms with Crippen molar-refractivity contribution in [1.82, 2.24) is 15.1 Å². The molecule has 0 aliphatic carbocycles. The molecule has 2 saturated heterocycles. The van der Waals surface area contributed by atoms with Crippen molar-refractivity contribution >= 4 is 29.5 Å². The van der Waals surface area contributed by atoms with Gasteiger partial charge in [0.25, 0.3) is 5.91 Å². The van der Waals surface area contributed by atoms with Gasteiger partial charge in [0.1, 0.15) is 6.04 Å². The lowest BCUT2D eigenvalue weighted by Crippen LogP contribution is -2.40. The molecule has 0 spiro atoms. The second-order valence-corrected chi connectivity index (χ2v) is 6.61. The molecule has 0 radical (unpaired) electrons. The van der Waals surface area contributed by atoms with Crippen molar-refractivity contribution in [3.63, 3.8) is 0 Å². The molecule has 2 unspecified atom stereocenters. The average molecular weight is 339 g/mol. The second kappa shape index (κ2) is 8.03. The van der Waals surface area contributed by atoms with Gasteiger partial charge in [-0.2, -0.15) is 0 Å². The molecule has 1 N–H and O–H groups in total. The summed E-state index contributed by atoms with van der Waals surface area (Å²) in [6, 6.07) is -0.659. The third-order valence-corrected chi connectivity index (χ3v) is 3.92. The van der Waals surface area contributed by atoms with Gasteiger partial charge < -0.3 is 5.32 Å². The first kappa shape index (κ1) is 19.8. The molecule has 2 atom stereocenters. The smallest absolute Gasteiger partial charge is 0.252 e. The number of hydrogen-bond acceptors (Lipinski definition) is 5. The van der Waals surface area contributed by atoms with Gasteiger partial charge in [0.15, 0.2) is 0 Å². The van der Waals surface area contributed by atoms with Crippen molar-refractivity contribution in [2.24, 2.45) is 11.8 Å². The summed E-state index contributed by atoms with van der Waals surface area (Å²) in [5, 5.41) is 2.57. The van der Waals surface area contributed by atoms with Crippen LogP contribution >= 0.6 is 0 Å². The molecule has 134 valence electrons. The summed E-state index contributed by atoms with van der Waals surface area (Å²) >= 11 is 0. The third-order valence-electron chi connectivity index (χ3n) is 3.92. The maximum Gasteiger partial charge on any atom is 0.252 e. The first-order chi connectivity index (χ1) is 11.0. The first-order valence-electron chi connectivity index (χ1n) is 7.94. The number of likely N-dealkylation sites (N-methyl/N-ethyl adjacent to an activating group) is 1. The van der Waals surface area contributed by atoms with Crippen molar-refractivity contribution in [3.05, 3.63) is 0 Å². The average Bonchev–Trinajstić information content (AvgIpc) is 2.84. The van der Waals surface area contributed by atoms with Gasteiger partial charge >= 0.3 is 0 Å². The molecule has 0 aromatic heterocycles.